The summed E-state index contributed by atoms with van der Waals surface area (Å²) in [4.78, 5) is 23.7. The molecule has 104 valence electrons. The quantitative estimate of drug-likeness (QED) is 0.887. The molecule has 5 nitrogen and oxygen atoms in total. The summed E-state index contributed by atoms with van der Waals surface area (Å²) >= 11 is 8.93. The third-order valence-electron chi connectivity index (χ3n) is 2.49. The van der Waals surface area contributed by atoms with Crippen LogP contribution < -0.4 is 16.6 Å². The minimum absolute atomic E-state index is 0.130. The first kappa shape index (κ1) is 14.6. The van der Waals surface area contributed by atoms with Gasteiger partial charge in [0.1, 0.15) is 6.54 Å². The number of nitrogens with two attached hydrogens (primary N) is 1. The van der Waals surface area contributed by atoms with Gasteiger partial charge < -0.3 is 15.6 Å². The SMILES string of the molecule is Nc1cc(Br)c(=O)n(CC(=O)Nc2cccc(Cl)c2)c1. The Bertz CT molecular complexity index is 715. The van der Waals surface area contributed by atoms with Crippen LogP contribution in [0.2, 0.25) is 5.02 Å². The molecule has 0 saturated carbocycles. The number of aromatic nitrogens is 1. The van der Waals surface area contributed by atoms with Crippen LogP contribution in [0.5, 0.6) is 0 Å². The van der Waals surface area contributed by atoms with Crippen LogP contribution in [-0.2, 0) is 11.3 Å². The monoisotopic (exact) mass is 355 g/mol. The van der Waals surface area contributed by atoms with Crippen molar-refractivity contribution in [3.05, 3.63) is 56.4 Å². The molecule has 20 heavy (non-hydrogen) atoms. The van der Waals surface area contributed by atoms with Crippen molar-refractivity contribution >= 4 is 44.8 Å². The lowest BCUT2D eigenvalue weighted by Crippen LogP contribution is -2.28. The largest absolute Gasteiger partial charge is 0.398 e. The summed E-state index contributed by atoms with van der Waals surface area (Å²) < 4.78 is 1.55. The Kier molecular flexibility index (Phi) is 4.46. The highest BCUT2D eigenvalue weighted by atomic mass is 79.9. The maximum atomic E-state index is 11.9. The highest BCUT2D eigenvalue weighted by molar-refractivity contribution is 9.10. The van der Waals surface area contributed by atoms with Gasteiger partial charge in [0.05, 0.1) is 4.47 Å². The fourth-order valence-corrected chi connectivity index (χ4v) is 2.34. The summed E-state index contributed by atoms with van der Waals surface area (Å²) in [5, 5.41) is 3.18. The van der Waals surface area contributed by atoms with Crippen molar-refractivity contribution in [3.8, 4) is 0 Å². The van der Waals surface area contributed by atoms with Crippen molar-refractivity contribution in [1.29, 1.82) is 0 Å². The van der Waals surface area contributed by atoms with Gasteiger partial charge in [-0.3, -0.25) is 9.59 Å². The summed E-state index contributed by atoms with van der Waals surface area (Å²) in [5.41, 5.74) is 6.28. The van der Waals surface area contributed by atoms with Gasteiger partial charge in [0.25, 0.3) is 5.56 Å². The smallest absolute Gasteiger partial charge is 0.265 e. The van der Waals surface area contributed by atoms with E-state index >= 15 is 0 Å². The van der Waals surface area contributed by atoms with Crippen molar-refractivity contribution in [3.63, 3.8) is 0 Å². The summed E-state index contributed by atoms with van der Waals surface area (Å²) in [6.45, 7) is -0.130. The Labute approximate surface area is 128 Å². The number of hydrogen-bond acceptors (Lipinski definition) is 3. The van der Waals surface area contributed by atoms with Crippen molar-refractivity contribution in [2.75, 3.05) is 11.1 Å². The molecular formula is C13H11BrClN3O2. The summed E-state index contributed by atoms with van der Waals surface area (Å²) in [7, 11) is 0. The number of anilines is 2. The van der Waals surface area contributed by atoms with E-state index in [1.807, 2.05) is 0 Å². The molecule has 0 fully saturated rings. The summed E-state index contributed by atoms with van der Waals surface area (Å²) in [5.74, 6) is -0.341. The number of amides is 1. The maximum absolute atomic E-state index is 11.9. The van der Waals surface area contributed by atoms with Gasteiger partial charge in [0, 0.05) is 22.6 Å². The Morgan fingerprint density at radius 2 is 2.15 bits per heavy atom. The lowest BCUT2D eigenvalue weighted by atomic mass is 10.3. The Morgan fingerprint density at radius 3 is 2.85 bits per heavy atom. The lowest BCUT2D eigenvalue weighted by Gasteiger charge is -2.09. The molecule has 0 bridgehead atoms. The molecule has 0 unspecified atom stereocenters. The van der Waals surface area contributed by atoms with Gasteiger partial charge in [-0.05, 0) is 40.2 Å². The number of pyridine rings is 1. The molecule has 2 rings (SSSR count). The van der Waals surface area contributed by atoms with E-state index in [-0.39, 0.29) is 18.0 Å². The van der Waals surface area contributed by atoms with Crippen LogP contribution >= 0.6 is 27.5 Å². The van der Waals surface area contributed by atoms with Crippen molar-refractivity contribution in [2.45, 2.75) is 6.54 Å². The Hall–Kier alpha value is -1.79. The molecule has 1 aromatic carbocycles. The van der Waals surface area contributed by atoms with Crippen LogP contribution in [-0.4, -0.2) is 10.5 Å². The van der Waals surface area contributed by atoms with Gasteiger partial charge in [0.15, 0.2) is 0 Å². The molecule has 0 radical (unpaired) electrons. The van der Waals surface area contributed by atoms with Gasteiger partial charge in [-0.15, -0.1) is 0 Å². The first-order chi connectivity index (χ1) is 9.45. The van der Waals surface area contributed by atoms with Crippen LogP contribution in [0.4, 0.5) is 11.4 Å². The molecule has 0 atom stereocenters. The zero-order valence-electron chi connectivity index (χ0n) is 10.3. The fourth-order valence-electron chi connectivity index (χ4n) is 1.66. The molecule has 1 aromatic heterocycles. The lowest BCUT2D eigenvalue weighted by molar-refractivity contribution is -0.116. The molecule has 0 aliphatic rings. The number of rotatable bonds is 3. The third-order valence-corrected chi connectivity index (χ3v) is 3.29. The van der Waals surface area contributed by atoms with E-state index in [0.717, 1.165) is 0 Å². The highest BCUT2D eigenvalue weighted by Gasteiger charge is 2.08. The molecular weight excluding hydrogens is 346 g/mol. The summed E-state index contributed by atoms with van der Waals surface area (Å²) in [6.07, 6.45) is 1.42. The topological polar surface area (TPSA) is 77.1 Å². The van der Waals surface area contributed by atoms with E-state index in [2.05, 4.69) is 21.2 Å². The van der Waals surface area contributed by atoms with E-state index in [9.17, 15) is 9.59 Å². The first-order valence-electron chi connectivity index (χ1n) is 5.66. The van der Waals surface area contributed by atoms with Gasteiger partial charge in [0.2, 0.25) is 5.91 Å². The van der Waals surface area contributed by atoms with Crippen LogP contribution in [0.25, 0.3) is 0 Å². The summed E-state index contributed by atoms with van der Waals surface area (Å²) in [6, 6.07) is 8.25. The number of nitrogens with one attached hydrogen (secondary N) is 1. The second kappa shape index (κ2) is 6.11. The van der Waals surface area contributed by atoms with E-state index in [1.54, 1.807) is 24.3 Å². The number of benzene rings is 1. The van der Waals surface area contributed by atoms with E-state index < -0.39 is 0 Å². The molecule has 0 spiro atoms. The van der Waals surface area contributed by atoms with Crippen molar-refractivity contribution < 1.29 is 4.79 Å². The Morgan fingerprint density at radius 1 is 1.40 bits per heavy atom. The second-order valence-corrected chi connectivity index (χ2v) is 5.40. The van der Waals surface area contributed by atoms with Crippen LogP contribution in [0, 0.1) is 0 Å². The van der Waals surface area contributed by atoms with Crippen molar-refractivity contribution in [2.24, 2.45) is 0 Å². The van der Waals surface area contributed by atoms with Gasteiger partial charge in [-0.25, -0.2) is 0 Å². The normalized spacial score (nSPS) is 10.3. The first-order valence-corrected chi connectivity index (χ1v) is 6.83. The van der Waals surface area contributed by atoms with E-state index in [4.69, 9.17) is 17.3 Å². The third kappa shape index (κ3) is 3.61. The number of halogens is 2. The molecule has 2 aromatic rings. The second-order valence-electron chi connectivity index (χ2n) is 4.11. The molecule has 0 saturated heterocycles. The highest BCUT2D eigenvalue weighted by Crippen LogP contribution is 2.15. The number of carbonyl (C=O) groups excluding carboxylic acids is 1. The minimum atomic E-state index is -0.341. The predicted molar refractivity (Wildman–Crippen MR) is 82.9 cm³/mol. The van der Waals surface area contributed by atoms with Crippen LogP contribution in [0.1, 0.15) is 0 Å². The standard InChI is InChI=1S/C13H11BrClN3O2/c14-11-5-9(16)6-18(13(11)20)7-12(19)17-10-3-1-2-8(15)4-10/h1-6H,7,16H2,(H,17,19). The molecule has 1 amide bonds. The van der Waals surface area contributed by atoms with Crippen LogP contribution in [0.15, 0.2) is 45.8 Å². The van der Waals surface area contributed by atoms with E-state index in [1.165, 1.54) is 16.8 Å². The zero-order valence-corrected chi connectivity index (χ0v) is 12.6. The molecule has 1 heterocycles. The average Bonchev–Trinajstić information content (AvgIpc) is 2.35. The maximum Gasteiger partial charge on any atom is 0.265 e. The molecule has 3 N–H and O–H groups in total. The molecule has 0 aliphatic heterocycles. The Balaban J connectivity index is 2.15. The number of nitrogen functional groups attached to an aromatic ring is 1. The van der Waals surface area contributed by atoms with Gasteiger partial charge in [-0.1, -0.05) is 17.7 Å². The average molecular weight is 357 g/mol. The minimum Gasteiger partial charge on any atom is -0.398 e. The molecule has 7 heteroatoms. The zero-order chi connectivity index (χ0) is 14.7. The molecule has 0 aliphatic carbocycles. The van der Waals surface area contributed by atoms with Gasteiger partial charge >= 0.3 is 0 Å². The number of nitrogens with zero attached hydrogens (tertiary/aromatic N) is 1. The van der Waals surface area contributed by atoms with Crippen LogP contribution in [0.3, 0.4) is 0 Å². The van der Waals surface area contributed by atoms with Gasteiger partial charge in [-0.2, -0.15) is 0 Å². The van der Waals surface area contributed by atoms with E-state index in [0.29, 0.717) is 20.9 Å². The van der Waals surface area contributed by atoms with Crippen molar-refractivity contribution in [1.82, 2.24) is 4.57 Å². The number of hydrogen-bond donors (Lipinski definition) is 2. The number of carbonyl (C=O) groups is 1. The predicted octanol–water partition coefficient (Wildman–Crippen LogP) is 2.49. The fraction of sp³-hybridized carbons (Fsp3) is 0.0769.